The Kier molecular flexibility index (Phi) is 15.9. The maximum absolute atomic E-state index is 15.1. The van der Waals surface area contributed by atoms with Crippen LogP contribution in [0.15, 0.2) is 114 Å². The Labute approximate surface area is 328 Å². The van der Waals surface area contributed by atoms with Gasteiger partial charge in [-0.25, -0.2) is 0 Å². The number of ether oxygens (including phenoxy) is 2. The molecule has 50 heavy (non-hydrogen) atoms. The molecular weight excluding hydrogens is 874 g/mol. The van der Waals surface area contributed by atoms with Crippen molar-refractivity contribution in [1.29, 1.82) is 0 Å². The number of benzene rings is 2. The van der Waals surface area contributed by atoms with Crippen LogP contribution >= 0.6 is 23.5 Å². The van der Waals surface area contributed by atoms with E-state index < -0.39 is 11.2 Å². The van der Waals surface area contributed by atoms with E-state index in [9.17, 15) is 10.2 Å². The van der Waals surface area contributed by atoms with Gasteiger partial charge in [-0.3, -0.25) is 4.79 Å². The first-order valence-electron chi connectivity index (χ1n) is 17.1. The number of hydrogen-bond acceptors (Lipinski definition) is 7. The van der Waals surface area contributed by atoms with Crippen molar-refractivity contribution in [1.82, 2.24) is 0 Å². The Morgan fingerprint density at radius 3 is 1.38 bits per heavy atom. The molecular formula is C41H50O5S2Sn2. The van der Waals surface area contributed by atoms with Crippen molar-refractivity contribution in [2.45, 2.75) is 81.3 Å². The van der Waals surface area contributed by atoms with Gasteiger partial charge in [-0.05, 0) is 110 Å². The Morgan fingerprint density at radius 2 is 1.02 bits per heavy atom. The number of aliphatic hydroxyl groups excluding tert-OH is 2. The molecule has 0 saturated heterocycles. The van der Waals surface area contributed by atoms with Gasteiger partial charge in [-0.2, -0.15) is 0 Å². The van der Waals surface area contributed by atoms with Crippen LogP contribution < -0.4 is 0 Å². The third-order valence-electron chi connectivity index (χ3n) is 9.02. The quantitative estimate of drug-likeness (QED) is 0.182. The van der Waals surface area contributed by atoms with Gasteiger partial charge in [0, 0.05) is 44.0 Å². The third-order valence-corrected chi connectivity index (χ3v) is 11.7. The number of Topliss-reactive ketones (excluding diaryl/α,β-unsaturated/α-hetero) is 1. The molecule has 2 atom stereocenters. The molecule has 0 saturated carbocycles. The first-order valence-corrected chi connectivity index (χ1v) is 30.2. The molecule has 2 N–H and O–H groups in total. The first-order chi connectivity index (χ1) is 24.0. The Bertz CT molecular complexity index is 1630. The predicted octanol–water partition coefficient (Wildman–Crippen LogP) is 9.25. The number of carbonyl (C=O) groups excluding carboxylic acids is 1. The van der Waals surface area contributed by atoms with Gasteiger partial charge >= 0.3 is 62.0 Å². The van der Waals surface area contributed by atoms with Crippen LogP contribution in [0.3, 0.4) is 0 Å². The summed E-state index contributed by atoms with van der Waals surface area (Å²) in [5, 5.41) is 19.1. The second-order valence-electron chi connectivity index (χ2n) is 12.8. The minimum absolute atomic E-state index is 0.00789. The zero-order chi connectivity index (χ0) is 36.5. The van der Waals surface area contributed by atoms with Crippen molar-refractivity contribution in [3.8, 4) is 0 Å². The van der Waals surface area contributed by atoms with Crippen molar-refractivity contribution in [3.63, 3.8) is 0 Å². The average molecular weight is 924 g/mol. The zero-order valence-corrected chi connectivity index (χ0v) is 37.9. The van der Waals surface area contributed by atoms with E-state index in [1.807, 2.05) is 50.3 Å². The second-order valence-corrected chi connectivity index (χ2v) is 20.6. The predicted molar refractivity (Wildman–Crippen MR) is 214 cm³/mol. The summed E-state index contributed by atoms with van der Waals surface area (Å²) >= 11 is 3.87. The maximum atomic E-state index is 15.1. The molecule has 0 aromatic heterocycles. The summed E-state index contributed by atoms with van der Waals surface area (Å²) in [6, 6.07) is 16.6. The molecule has 0 spiro atoms. The van der Waals surface area contributed by atoms with Crippen LogP contribution in [0.25, 0.3) is 12.2 Å². The molecule has 4 aliphatic rings. The van der Waals surface area contributed by atoms with Crippen molar-refractivity contribution in [2.75, 3.05) is 26.4 Å². The molecule has 9 heteroatoms. The topological polar surface area (TPSA) is 76.0 Å². The normalized spacial score (nSPS) is 21.8. The van der Waals surface area contributed by atoms with E-state index in [2.05, 4.69) is 70.0 Å². The van der Waals surface area contributed by atoms with E-state index in [4.69, 9.17) is 9.47 Å². The van der Waals surface area contributed by atoms with E-state index in [1.165, 1.54) is 9.79 Å². The number of allylic oxidation sites excluding steroid dienone is 4. The summed E-state index contributed by atoms with van der Waals surface area (Å²) in [4.78, 5) is 28.8. The van der Waals surface area contributed by atoms with Gasteiger partial charge in [0.05, 0.1) is 13.2 Å². The van der Waals surface area contributed by atoms with Gasteiger partial charge in [0.25, 0.3) is 0 Å². The van der Waals surface area contributed by atoms with E-state index in [-0.39, 0.29) is 61.3 Å². The molecule has 0 fully saturated rings. The first kappa shape index (κ1) is 41.4. The van der Waals surface area contributed by atoms with Crippen LogP contribution in [0, 0.1) is 0 Å². The van der Waals surface area contributed by atoms with Crippen LogP contribution in [0.1, 0.15) is 51.7 Å². The Balaban J connectivity index is 0.000000875. The van der Waals surface area contributed by atoms with Crippen LogP contribution in [0.4, 0.5) is 0 Å². The second kappa shape index (κ2) is 19.1. The molecule has 2 aliphatic carbocycles. The summed E-state index contributed by atoms with van der Waals surface area (Å²) in [5.41, 5.74) is 5.25. The number of rotatable bonds is 10. The zero-order valence-electron chi connectivity index (χ0n) is 30.6. The fourth-order valence-electron chi connectivity index (χ4n) is 6.18. The minimum atomic E-state index is -1.01. The molecule has 6 rings (SSSR count). The monoisotopic (exact) mass is 926 g/mol. The Hall–Kier alpha value is -1.31. The summed E-state index contributed by atoms with van der Waals surface area (Å²) in [6.45, 7) is 8.69. The van der Waals surface area contributed by atoms with E-state index in [0.29, 0.717) is 37.2 Å². The molecule has 264 valence electrons. The average Bonchev–Trinajstić information content (AvgIpc) is 3.11. The van der Waals surface area contributed by atoms with Crippen molar-refractivity contribution in [3.05, 3.63) is 115 Å². The van der Waals surface area contributed by atoms with Gasteiger partial charge < -0.3 is 19.7 Å². The van der Waals surface area contributed by atoms with Crippen LogP contribution in [0.5, 0.6) is 0 Å². The molecule has 0 amide bonds. The summed E-state index contributed by atoms with van der Waals surface area (Å²) < 4.78 is 13.1. The van der Waals surface area contributed by atoms with Gasteiger partial charge in [-0.1, -0.05) is 59.9 Å². The van der Waals surface area contributed by atoms with Gasteiger partial charge in [0.2, 0.25) is 0 Å². The number of aliphatic hydroxyl groups is 2. The van der Waals surface area contributed by atoms with Gasteiger partial charge in [-0.15, -0.1) is 0 Å². The number of ketones is 1. The summed E-state index contributed by atoms with van der Waals surface area (Å²) in [6.07, 6.45) is 9.23. The van der Waals surface area contributed by atoms with E-state index >= 15 is 4.79 Å². The molecule has 5 nitrogen and oxygen atoms in total. The van der Waals surface area contributed by atoms with E-state index in [1.54, 1.807) is 23.5 Å². The third kappa shape index (κ3) is 8.89. The SMILES string of the molecule is CC1=C2Sc3ccccc3C=C2C=C(C(=O)C2=CC3=Cc4ccccc4SC3=C(C)C2(C)OCCCO)C1(C)OCCCO.[CH3][Sn][CH3].[CH3][Sn][CH3]. The van der Waals surface area contributed by atoms with Crippen molar-refractivity contribution >= 4 is 83.7 Å². The molecule has 2 unspecified atom stereocenters. The van der Waals surface area contributed by atoms with Gasteiger partial charge in [0.15, 0.2) is 5.78 Å². The fraction of sp³-hybridized carbons (Fsp3) is 0.390. The molecule has 4 radical (unpaired) electrons. The van der Waals surface area contributed by atoms with Crippen LogP contribution in [-0.2, 0) is 14.3 Å². The number of hydrogen-bond donors (Lipinski definition) is 2. The molecule has 2 aromatic rings. The fourth-order valence-corrected chi connectivity index (χ4v) is 8.57. The number of fused-ring (bicyclic) bond motifs is 4. The summed E-state index contributed by atoms with van der Waals surface area (Å²) in [7, 11) is 0. The molecule has 0 bridgehead atoms. The number of thioether (sulfide) groups is 2. The van der Waals surface area contributed by atoms with Crippen LogP contribution in [-0.4, -0.2) is 95.9 Å². The van der Waals surface area contributed by atoms with Crippen molar-refractivity contribution < 1.29 is 24.5 Å². The standard InChI is InChI=1S/C37H38O5S2.4CH3.2Sn/c1-23-34-27(19-25-11-5-7-13-31(25)43-34)21-29(36(23,3)41-17-9-15-38)33(40)30-22-28-20-26-12-6-8-14-32(26)44-35(28)24(2)37(30,4)42-18-10-16-39;;;;;;/h5-8,11-14,19-22,38-39H,9-10,15-18H2,1-4H3;4*1H3;;. The number of carbonyl (C=O) groups is 1. The Morgan fingerprint density at radius 1 is 0.660 bits per heavy atom. The van der Waals surface area contributed by atoms with Gasteiger partial charge in [0.1, 0.15) is 11.2 Å². The molecule has 2 heterocycles. The summed E-state index contributed by atoms with van der Waals surface area (Å²) in [5.74, 6) is -0.130. The van der Waals surface area contributed by atoms with E-state index in [0.717, 1.165) is 43.2 Å². The van der Waals surface area contributed by atoms with Crippen LogP contribution in [0.2, 0.25) is 19.8 Å². The molecule has 2 aliphatic heterocycles. The molecule has 2 aromatic carbocycles. The van der Waals surface area contributed by atoms with Crippen molar-refractivity contribution in [2.24, 2.45) is 0 Å².